The van der Waals surface area contributed by atoms with Gasteiger partial charge in [0.25, 0.3) is 0 Å². The molecule has 0 radical (unpaired) electrons. The van der Waals surface area contributed by atoms with Gasteiger partial charge in [-0.15, -0.1) is 11.3 Å². The molecule has 0 saturated carbocycles. The van der Waals surface area contributed by atoms with Gasteiger partial charge in [-0.1, -0.05) is 164 Å². The van der Waals surface area contributed by atoms with Crippen molar-refractivity contribution in [3.8, 4) is 62.1 Å². The minimum atomic E-state index is 0.622. The van der Waals surface area contributed by atoms with Gasteiger partial charge < -0.3 is 4.57 Å². The van der Waals surface area contributed by atoms with Gasteiger partial charge in [-0.05, 0) is 47.0 Å². The monoisotopic (exact) mass is 732 g/mol. The first-order valence-corrected chi connectivity index (χ1v) is 19.6. The second-order valence-electron chi connectivity index (χ2n) is 14.0. The van der Waals surface area contributed by atoms with Crippen molar-refractivity contribution in [3.63, 3.8) is 0 Å². The number of nitrogens with zero attached hydrogens (tertiary/aromatic N) is 4. The molecule has 0 saturated heterocycles. The molecular formula is C51H32N4S. The van der Waals surface area contributed by atoms with E-state index < -0.39 is 0 Å². The molecule has 0 unspecified atom stereocenters. The molecule has 4 nitrogen and oxygen atoms in total. The number of benzene rings is 8. The lowest BCUT2D eigenvalue weighted by Gasteiger charge is -2.18. The summed E-state index contributed by atoms with van der Waals surface area (Å²) in [5.41, 5.74) is 10.8. The number of thiophene rings is 1. The normalized spacial score (nSPS) is 11.6. The standard InChI is InChI=1S/C51H32N4S/c1-4-16-33(17-5-1)37-22-10-11-23-38(37)43-32-36(51-53-49(34-18-6-2-7-19-34)52-50(54-51)35-20-8-3-9-21-35)28-31-45(43)55-44-26-14-12-24-39(44)41-29-30-42-40-25-13-15-27-46(40)56-48(42)47(41)55/h1-32H. The minimum Gasteiger partial charge on any atom is -0.307 e. The zero-order valence-corrected chi connectivity index (χ0v) is 31.0. The maximum absolute atomic E-state index is 5.14. The molecule has 0 aliphatic rings. The smallest absolute Gasteiger partial charge is 0.164 e. The first kappa shape index (κ1) is 32.2. The topological polar surface area (TPSA) is 43.6 Å². The minimum absolute atomic E-state index is 0.622. The highest BCUT2D eigenvalue weighted by Crippen LogP contribution is 2.45. The van der Waals surface area contributed by atoms with Crippen LogP contribution < -0.4 is 0 Å². The Kier molecular flexibility index (Phi) is 7.64. The van der Waals surface area contributed by atoms with Crippen molar-refractivity contribution in [1.29, 1.82) is 0 Å². The molecule has 3 aromatic heterocycles. The van der Waals surface area contributed by atoms with E-state index >= 15 is 0 Å². The van der Waals surface area contributed by atoms with Crippen molar-refractivity contribution in [3.05, 3.63) is 194 Å². The van der Waals surface area contributed by atoms with Crippen LogP contribution in [0.1, 0.15) is 0 Å². The largest absolute Gasteiger partial charge is 0.307 e. The lowest BCUT2D eigenvalue weighted by molar-refractivity contribution is 1.07. The fourth-order valence-corrected chi connectivity index (χ4v) is 9.33. The molecule has 3 heterocycles. The van der Waals surface area contributed by atoms with Crippen LogP contribution in [0.3, 0.4) is 0 Å². The van der Waals surface area contributed by atoms with Crippen LogP contribution in [-0.4, -0.2) is 19.5 Å². The average molecular weight is 733 g/mol. The Morgan fingerprint density at radius 3 is 1.59 bits per heavy atom. The van der Waals surface area contributed by atoms with Crippen LogP contribution in [0.25, 0.3) is 104 Å². The summed E-state index contributed by atoms with van der Waals surface area (Å²) < 4.78 is 5.06. The SMILES string of the molecule is c1ccc(-c2nc(-c3ccccc3)nc(-c3ccc(-n4c5ccccc5c5ccc6c7ccccc7sc6c54)c(-c4ccccc4-c4ccccc4)c3)n2)cc1. The quantitative estimate of drug-likeness (QED) is 0.171. The van der Waals surface area contributed by atoms with Gasteiger partial charge in [0, 0.05) is 48.5 Å². The summed E-state index contributed by atoms with van der Waals surface area (Å²) in [4.78, 5) is 15.3. The van der Waals surface area contributed by atoms with Crippen LogP contribution in [-0.2, 0) is 0 Å². The average Bonchev–Trinajstić information content (AvgIpc) is 3.83. The van der Waals surface area contributed by atoms with Crippen LogP contribution in [0.5, 0.6) is 0 Å². The first-order chi connectivity index (χ1) is 27.8. The predicted molar refractivity (Wildman–Crippen MR) is 234 cm³/mol. The van der Waals surface area contributed by atoms with Gasteiger partial charge in [0.1, 0.15) is 0 Å². The highest BCUT2D eigenvalue weighted by atomic mass is 32.1. The molecule has 11 aromatic rings. The van der Waals surface area contributed by atoms with Crippen molar-refractivity contribution >= 4 is 53.3 Å². The summed E-state index contributed by atoms with van der Waals surface area (Å²) >= 11 is 1.87. The highest BCUT2D eigenvalue weighted by molar-refractivity contribution is 7.26. The van der Waals surface area contributed by atoms with E-state index in [9.17, 15) is 0 Å². The molecule has 0 aliphatic heterocycles. The molecule has 0 amide bonds. The second kappa shape index (κ2) is 13.3. The zero-order valence-electron chi connectivity index (χ0n) is 30.2. The third kappa shape index (κ3) is 5.32. The third-order valence-electron chi connectivity index (χ3n) is 10.7. The van der Waals surface area contributed by atoms with Gasteiger partial charge in [0.15, 0.2) is 17.5 Å². The summed E-state index contributed by atoms with van der Waals surface area (Å²) in [6.45, 7) is 0. The molecule has 0 N–H and O–H groups in total. The molecule has 0 spiro atoms. The van der Waals surface area contributed by atoms with Gasteiger partial charge >= 0.3 is 0 Å². The fourth-order valence-electron chi connectivity index (χ4n) is 8.09. The van der Waals surface area contributed by atoms with Crippen molar-refractivity contribution in [2.45, 2.75) is 0 Å². The Balaban J connectivity index is 1.23. The Labute approximate surface area is 327 Å². The Morgan fingerprint density at radius 2 is 0.893 bits per heavy atom. The van der Waals surface area contributed by atoms with Gasteiger partial charge in [0.2, 0.25) is 0 Å². The Bertz CT molecular complexity index is 3180. The predicted octanol–water partition coefficient (Wildman–Crippen LogP) is 13.7. The van der Waals surface area contributed by atoms with Crippen molar-refractivity contribution < 1.29 is 0 Å². The van der Waals surface area contributed by atoms with Gasteiger partial charge in [-0.3, -0.25) is 0 Å². The summed E-state index contributed by atoms with van der Waals surface area (Å²) in [6, 6.07) is 68.6. The van der Waals surface area contributed by atoms with E-state index in [0.717, 1.165) is 50.1 Å². The molecule has 0 fully saturated rings. The lowest BCUT2D eigenvalue weighted by atomic mass is 9.92. The van der Waals surface area contributed by atoms with Crippen LogP contribution in [0, 0.1) is 0 Å². The Morgan fingerprint density at radius 1 is 0.357 bits per heavy atom. The number of hydrogen-bond donors (Lipinski definition) is 0. The second-order valence-corrected chi connectivity index (χ2v) is 15.0. The van der Waals surface area contributed by atoms with Crippen LogP contribution in [0.15, 0.2) is 194 Å². The van der Waals surface area contributed by atoms with E-state index in [2.05, 4.69) is 162 Å². The molecule has 262 valence electrons. The Hall–Kier alpha value is -7.21. The van der Waals surface area contributed by atoms with E-state index in [1.807, 2.05) is 47.7 Å². The zero-order chi connectivity index (χ0) is 37.0. The van der Waals surface area contributed by atoms with Crippen molar-refractivity contribution in [2.75, 3.05) is 0 Å². The lowest BCUT2D eigenvalue weighted by Crippen LogP contribution is -2.02. The third-order valence-corrected chi connectivity index (χ3v) is 11.9. The number of para-hydroxylation sites is 1. The highest BCUT2D eigenvalue weighted by Gasteiger charge is 2.22. The molecule has 8 aromatic carbocycles. The summed E-state index contributed by atoms with van der Waals surface area (Å²) in [5, 5.41) is 5.03. The van der Waals surface area contributed by atoms with E-state index in [0.29, 0.717) is 17.5 Å². The number of rotatable bonds is 6. The van der Waals surface area contributed by atoms with Crippen LogP contribution in [0.4, 0.5) is 0 Å². The maximum atomic E-state index is 5.14. The van der Waals surface area contributed by atoms with Gasteiger partial charge in [-0.25, -0.2) is 15.0 Å². The van der Waals surface area contributed by atoms with Crippen molar-refractivity contribution in [1.82, 2.24) is 19.5 Å². The van der Waals surface area contributed by atoms with E-state index in [1.54, 1.807) is 0 Å². The van der Waals surface area contributed by atoms with Gasteiger partial charge in [0.05, 0.1) is 21.4 Å². The van der Waals surface area contributed by atoms with Gasteiger partial charge in [-0.2, -0.15) is 0 Å². The first-order valence-electron chi connectivity index (χ1n) is 18.8. The number of aromatic nitrogens is 4. The number of hydrogen-bond acceptors (Lipinski definition) is 4. The van der Waals surface area contributed by atoms with E-state index in [1.165, 1.54) is 36.5 Å². The maximum Gasteiger partial charge on any atom is 0.164 e. The summed E-state index contributed by atoms with van der Waals surface area (Å²) in [7, 11) is 0. The number of fused-ring (bicyclic) bond motifs is 7. The summed E-state index contributed by atoms with van der Waals surface area (Å²) in [6.07, 6.45) is 0. The van der Waals surface area contributed by atoms with Crippen LogP contribution in [0.2, 0.25) is 0 Å². The summed E-state index contributed by atoms with van der Waals surface area (Å²) in [5.74, 6) is 1.90. The molecule has 0 bridgehead atoms. The molecule has 0 aliphatic carbocycles. The molecule has 0 atom stereocenters. The molecule has 11 rings (SSSR count). The molecule has 56 heavy (non-hydrogen) atoms. The van der Waals surface area contributed by atoms with Crippen molar-refractivity contribution in [2.24, 2.45) is 0 Å². The van der Waals surface area contributed by atoms with E-state index in [-0.39, 0.29) is 0 Å². The van der Waals surface area contributed by atoms with E-state index in [4.69, 9.17) is 15.0 Å². The molecular weight excluding hydrogens is 701 g/mol. The van der Waals surface area contributed by atoms with Crippen LogP contribution >= 0.6 is 11.3 Å². The fraction of sp³-hybridized carbons (Fsp3) is 0. The molecule has 5 heteroatoms.